The molecule has 0 radical (unpaired) electrons. The van der Waals surface area contributed by atoms with Gasteiger partial charge < -0.3 is 10.5 Å². The number of esters is 1. The van der Waals surface area contributed by atoms with Crippen LogP contribution in [0.1, 0.15) is 19.9 Å². The van der Waals surface area contributed by atoms with Gasteiger partial charge in [0.05, 0.1) is 22.7 Å². The average molecular weight is 286 g/mol. The summed E-state index contributed by atoms with van der Waals surface area (Å²) in [5, 5.41) is -0.0512. The topological polar surface area (TPSA) is 70.1 Å². The summed E-state index contributed by atoms with van der Waals surface area (Å²) in [6.07, 6.45) is 0. The van der Waals surface area contributed by atoms with Gasteiger partial charge in [0.1, 0.15) is 11.9 Å². The minimum absolute atomic E-state index is 0.0512. The summed E-state index contributed by atoms with van der Waals surface area (Å²) in [6, 6.07) is 1.92. The quantitative estimate of drug-likeness (QED) is 0.880. The molecule has 0 saturated carbocycles. The van der Waals surface area contributed by atoms with Gasteiger partial charge in [0, 0.05) is 6.07 Å². The lowest BCUT2D eigenvalue weighted by molar-refractivity contribution is -0.146. The molecule has 5 nitrogen and oxygen atoms in total. The molecule has 0 aliphatic carbocycles. The highest BCUT2D eigenvalue weighted by Crippen LogP contribution is 2.27. The van der Waals surface area contributed by atoms with Crippen LogP contribution in [0.15, 0.2) is 12.1 Å². The van der Waals surface area contributed by atoms with Crippen LogP contribution in [0, 0.1) is 5.82 Å². The maximum absolute atomic E-state index is 13.4. The first-order chi connectivity index (χ1) is 8.95. The van der Waals surface area contributed by atoms with E-state index in [-0.39, 0.29) is 17.6 Å². The van der Waals surface area contributed by atoms with Gasteiger partial charge in [-0.25, -0.2) is 14.2 Å². The standard InChI is InChI=1S/C12H13ClFN3O2/c1-3-19-11(18)6(2)17-10-4-7(13)8(14)5-9(10)16-12(17)15/h4-6H,3H2,1-2H3,(H2,15,16). The van der Waals surface area contributed by atoms with Gasteiger partial charge in [0.15, 0.2) is 0 Å². The van der Waals surface area contributed by atoms with Crippen molar-refractivity contribution in [2.45, 2.75) is 19.9 Å². The van der Waals surface area contributed by atoms with Gasteiger partial charge in [0.25, 0.3) is 0 Å². The molecule has 1 atom stereocenters. The van der Waals surface area contributed by atoms with Crippen molar-refractivity contribution in [1.82, 2.24) is 9.55 Å². The Bertz CT molecular complexity index is 641. The molecule has 0 spiro atoms. The third kappa shape index (κ3) is 2.35. The molecule has 1 aromatic heterocycles. The van der Waals surface area contributed by atoms with Gasteiger partial charge in [-0.1, -0.05) is 11.6 Å². The number of anilines is 1. The lowest BCUT2D eigenvalue weighted by Gasteiger charge is -2.14. The highest BCUT2D eigenvalue weighted by molar-refractivity contribution is 6.31. The molecule has 0 amide bonds. The van der Waals surface area contributed by atoms with Crippen LogP contribution in [0.3, 0.4) is 0 Å². The number of hydrogen-bond donors (Lipinski definition) is 1. The number of nitrogen functional groups attached to an aromatic ring is 1. The number of aromatic nitrogens is 2. The van der Waals surface area contributed by atoms with Crippen LogP contribution in [0.2, 0.25) is 5.02 Å². The van der Waals surface area contributed by atoms with E-state index in [0.717, 1.165) is 0 Å². The monoisotopic (exact) mass is 285 g/mol. The SMILES string of the molecule is CCOC(=O)C(C)n1c(N)nc2cc(F)c(Cl)cc21. The molecule has 0 aliphatic rings. The molecular weight excluding hydrogens is 273 g/mol. The molecule has 19 heavy (non-hydrogen) atoms. The van der Waals surface area contributed by atoms with Crippen molar-refractivity contribution < 1.29 is 13.9 Å². The first-order valence-electron chi connectivity index (χ1n) is 5.74. The molecule has 1 unspecified atom stereocenters. The van der Waals surface area contributed by atoms with Crippen LogP contribution in [0.5, 0.6) is 0 Å². The number of fused-ring (bicyclic) bond motifs is 1. The molecule has 0 aliphatic heterocycles. The molecular formula is C12H13ClFN3O2. The molecule has 0 bridgehead atoms. The Morgan fingerprint density at radius 2 is 2.32 bits per heavy atom. The van der Waals surface area contributed by atoms with Crippen molar-refractivity contribution in [2.24, 2.45) is 0 Å². The van der Waals surface area contributed by atoms with Crippen molar-refractivity contribution in [3.05, 3.63) is 23.0 Å². The van der Waals surface area contributed by atoms with Gasteiger partial charge in [-0.2, -0.15) is 0 Å². The number of ether oxygens (including phenoxy) is 1. The Hall–Kier alpha value is -1.82. The lowest BCUT2D eigenvalue weighted by atomic mass is 10.2. The fourth-order valence-corrected chi connectivity index (χ4v) is 2.04. The van der Waals surface area contributed by atoms with E-state index in [4.69, 9.17) is 22.1 Å². The van der Waals surface area contributed by atoms with E-state index in [1.54, 1.807) is 13.8 Å². The highest BCUT2D eigenvalue weighted by atomic mass is 35.5. The smallest absolute Gasteiger partial charge is 0.328 e. The summed E-state index contributed by atoms with van der Waals surface area (Å²) in [4.78, 5) is 15.8. The van der Waals surface area contributed by atoms with Crippen molar-refractivity contribution >= 4 is 34.6 Å². The number of rotatable bonds is 3. The van der Waals surface area contributed by atoms with E-state index in [9.17, 15) is 9.18 Å². The molecule has 2 rings (SSSR count). The molecule has 1 heterocycles. The zero-order chi connectivity index (χ0) is 14.2. The maximum Gasteiger partial charge on any atom is 0.328 e. The van der Waals surface area contributed by atoms with Crippen molar-refractivity contribution in [3.63, 3.8) is 0 Å². The van der Waals surface area contributed by atoms with Crippen LogP contribution in [0.4, 0.5) is 10.3 Å². The first-order valence-corrected chi connectivity index (χ1v) is 6.12. The predicted molar refractivity (Wildman–Crippen MR) is 70.5 cm³/mol. The fraction of sp³-hybridized carbons (Fsp3) is 0.333. The number of benzene rings is 1. The lowest BCUT2D eigenvalue weighted by Crippen LogP contribution is -2.20. The van der Waals surface area contributed by atoms with Gasteiger partial charge in [-0.3, -0.25) is 4.57 Å². The number of nitrogens with two attached hydrogens (primary N) is 1. The summed E-state index contributed by atoms with van der Waals surface area (Å²) < 4.78 is 19.8. The van der Waals surface area contributed by atoms with Gasteiger partial charge >= 0.3 is 5.97 Å². The third-order valence-electron chi connectivity index (χ3n) is 2.77. The van der Waals surface area contributed by atoms with Crippen LogP contribution < -0.4 is 5.73 Å². The summed E-state index contributed by atoms with van der Waals surface area (Å²) in [6.45, 7) is 3.62. The molecule has 2 N–H and O–H groups in total. The van der Waals surface area contributed by atoms with Crippen LogP contribution in [0.25, 0.3) is 11.0 Å². The predicted octanol–water partition coefficient (Wildman–Crippen LogP) is 2.54. The molecule has 0 fully saturated rings. The summed E-state index contributed by atoms with van der Waals surface area (Å²) >= 11 is 5.74. The van der Waals surface area contributed by atoms with E-state index in [1.807, 2.05) is 0 Å². The molecule has 2 aromatic rings. The number of imidazole rings is 1. The van der Waals surface area contributed by atoms with Crippen molar-refractivity contribution in [1.29, 1.82) is 0 Å². The first kappa shape index (κ1) is 13.6. The second-order valence-corrected chi connectivity index (χ2v) is 4.43. The van der Waals surface area contributed by atoms with E-state index in [1.165, 1.54) is 16.7 Å². The second kappa shape index (κ2) is 5.05. The summed E-state index contributed by atoms with van der Waals surface area (Å²) in [5.74, 6) is -0.909. The normalized spacial score (nSPS) is 12.6. The van der Waals surface area contributed by atoms with E-state index in [0.29, 0.717) is 11.0 Å². The Morgan fingerprint density at radius 3 is 2.95 bits per heavy atom. The largest absolute Gasteiger partial charge is 0.464 e. The highest BCUT2D eigenvalue weighted by Gasteiger charge is 2.22. The number of hydrogen-bond acceptors (Lipinski definition) is 4. The van der Waals surface area contributed by atoms with Gasteiger partial charge in [0.2, 0.25) is 5.95 Å². The minimum Gasteiger partial charge on any atom is -0.464 e. The number of halogens is 2. The Balaban J connectivity index is 2.56. The zero-order valence-corrected chi connectivity index (χ0v) is 11.2. The molecule has 1 aromatic carbocycles. The van der Waals surface area contributed by atoms with E-state index >= 15 is 0 Å². The van der Waals surface area contributed by atoms with E-state index < -0.39 is 17.8 Å². The number of nitrogens with zero attached hydrogens (tertiary/aromatic N) is 2. The summed E-state index contributed by atoms with van der Waals surface area (Å²) in [5.41, 5.74) is 6.60. The zero-order valence-electron chi connectivity index (χ0n) is 10.5. The minimum atomic E-state index is -0.661. The van der Waals surface area contributed by atoms with Gasteiger partial charge in [-0.15, -0.1) is 0 Å². The maximum atomic E-state index is 13.4. The molecule has 0 saturated heterocycles. The Labute approximate surface area is 114 Å². The Kier molecular flexibility index (Phi) is 3.61. The van der Waals surface area contributed by atoms with Gasteiger partial charge in [-0.05, 0) is 19.9 Å². The summed E-state index contributed by atoms with van der Waals surface area (Å²) in [7, 11) is 0. The van der Waals surface area contributed by atoms with Crippen LogP contribution >= 0.6 is 11.6 Å². The Morgan fingerprint density at radius 1 is 1.63 bits per heavy atom. The molecule has 7 heteroatoms. The van der Waals surface area contributed by atoms with Crippen molar-refractivity contribution in [3.8, 4) is 0 Å². The van der Waals surface area contributed by atoms with E-state index in [2.05, 4.69) is 4.98 Å². The van der Waals surface area contributed by atoms with Crippen LogP contribution in [-0.2, 0) is 9.53 Å². The third-order valence-corrected chi connectivity index (χ3v) is 3.06. The van der Waals surface area contributed by atoms with Crippen molar-refractivity contribution in [2.75, 3.05) is 12.3 Å². The van der Waals surface area contributed by atoms with Crippen LogP contribution in [-0.4, -0.2) is 22.1 Å². The second-order valence-electron chi connectivity index (χ2n) is 4.02. The number of carbonyl (C=O) groups is 1. The fourth-order valence-electron chi connectivity index (χ4n) is 1.88. The number of carbonyl (C=O) groups excluding carboxylic acids is 1. The average Bonchev–Trinajstić information content (AvgIpc) is 2.65. The molecule has 102 valence electrons.